The van der Waals surface area contributed by atoms with Crippen LogP contribution in [-0.4, -0.2) is 29.0 Å². The van der Waals surface area contributed by atoms with Crippen molar-refractivity contribution in [2.75, 3.05) is 13.2 Å². The van der Waals surface area contributed by atoms with Gasteiger partial charge < -0.3 is 9.84 Å². The van der Waals surface area contributed by atoms with E-state index < -0.39 is 4.92 Å². The van der Waals surface area contributed by atoms with Gasteiger partial charge >= 0.3 is 0 Å². The second-order valence-electron chi connectivity index (χ2n) is 3.07. The maximum absolute atomic E-state index is 11.2. The summed E-state index contributed by atoms with van der Waals surface area (Å²) >= 11 is 0. The lowest BCUT2D eigenvalue weighted by Gasteiger charge is -2.07. The highest BCUT2D eigenvalue weighted by Crippen LogP contribution is 2.24. The van der Waals surface area contributed by atoms with Gasteiger partial charge in [0, 0.05) is 12.1 Å². The van der Waals surface area contributed by atoms with E-state index in [9.17, 15) is 14.9 Å². The van der Waals surface area contributed by atoms with E-state index >= 15 is 0 Å². The average molecular weight is 225 g/mol. The Labute approximate surface area is 91.6 Å². The first kappa shape index (κ1) is 12.1. The zero-order chi connectivity index (χ0) is 12.1. The minimum absolute atomic E-state index is 0.0398. The fourth-order valence-electron chi connectivity index (χ4n) is 1.19. The summed E-state index contributed by atoms with van der Waals surface area (Å²) in [6, 6.07) is 3.76. The second-order valence-corrected chi connectivity index (χ2v) is 3.07. The molecule has 0 amide bonds. The number of rotatable bonds is 5. The van der Waals surface area contributed by atoms with Crippen LogP contribution < -0.4 is 4.74 Å². The molecule has 1 rings (SSSR count). The van der Waals surface area contributed by atoms with Gasteiger partial charge in [0.05, 0.1) is 17.1 Å². The van der Waals surface area contributed by atoms with Crippen LogP contribution in [0.3, 0.4) is 0 Å². The standard InChI is InChI=1S/C10H11NO5/c1-7(13)9-6-8(11(14)15)2-3-10(9)16-5-4-12/h2-3,6,12H,4-5H2,1H3. The Bertz CT molecular complexity index is 416. The molecule has 0 atom stereocenters. The molecule has 0 aromatic heterocycles. The Morgan fingerprint density at radius 1 is 1.56 bits per heavy atom. The number of ketones is 1. The predicted molar refractivity (Wildman–Crippen MR) is 55.7 cm³/mol. The van der Waals surface area contributed by atoms with Crippen molar-refractivity contribution < 1.29 is 19.6 Å². The molecule has 0 aliphatic rings. The first-order valence-electron chi connectivity index (χ1n) is 4.59. The number of non-ortho nitro benzene ring substituents is 1. The number of nitro groups is 1. The molecular formula is C10H11NO5. The smallest absolute Gasteiger partial charge is 0.270 e. The molecule has 0 heterocycles. The summed E-state index contributed by atoms with van der Waals surface area (Å²) < 4.78 is 5.09. The highest BCUT2D eigenvalue weighted by Gasteiger charge is 2.14. The second kappa shape index (κ2) is 5.22. The molecular weight excluding hydrogens is 214 g/mol. The Morgan fingerprint density at radius 2 is 2.25 bits per heavy atom. The molecule has 6 nitrogen and oxygen atoms in total. The molecule has 0 fully saturated rings. The van der Waals surface area contributed by atoms with E-state index in [0.717, 1.165) is 6.07 Å². The van der Waals surface area contributed by atoms with Crippen molar-refractivity contribution in [3.63, 3.8) is 0 Å². The van der Waals surface area contributed by atoms with Gasteiger partial charge in [0.15, 0.2) is 5.78 Å². The Morgan fingerprint density at radius 3 is 2.75 bits per heavy atom. The van der Waals surface area contributed by atoms with Crippen molar-refractivity contribution in [1.82, 2.24) is 0 Å². The Kier molecular flexibility index (Phi) is 3.96. The molecule has 86 valence electrons. The zero-order valence-electron chi connectivity index (χ0n) is 8.67. The van der Waals surface area contributed by atoms with Crippen LogP contribution in [0.2, 0.25) is 0 Å². The highest BCUT2D eigenvalue weighted by molar-refractivity contribution is 5.97. The van der Waals surface area contributed by atoms with Gasteiger partial charge in [0.2, 0.25) is 0 Å². The van der Waals surface area contributed by atoms with Gasteiger partial charge in [-0.2, -0.15) is 0 Å². The predicted octanol–water partition coefficient (Wildman–Crippen LogP) is 1.17. The number of carbonyl (C=O) groups excluding carboxylic acids is 1. The van der Waals surface area contributed by atoms with Crippen molar-refractivity contribution >= 4 is 11.5 Å². The van der Waals surface area contributed by atoms with Gasteiger partial charge in [0.1, 0.15) is 12.4 Å². The molecule has 1 aromatic carbocycles. The number of nitro benzene ring substituents is 1. The van der Waals surface area contributed by atoms with Crippen LogP contribution >= 0.6 is 0 Å². The normalized spacial score (nSPS) is 9.88. The van der Waals surface area contributed by atoms with Crippen LogP contribution in [0.4, 0.5) is 5.69 Å². The quantitative estimate of drug-likeness (QED) is 0.461. The van der Waals surface area contributed by atoms with Crippen molar-refractivity contribution in [3.8, 4) is 5.75 Å². The van der Waals surface area contributed by atoms with Gasteiger partial charge in [-0.25, -0.2) is 0 Å². The van der Waals surface area contributed by atoms with Crippen molar-refractivity contribution in [2.45, 2.75) is 6.92 Å². The maximum atomic E-state index is 11.2. The van der Waals surface area contributed by atoms with E-state index in [-0.39, 0.29) is 36.0 Å². The molecule has 0 spiro atoms. The summed E-state index contributed by atoms with van der Waals surface area (Å²) in [7, 11) is 0. The topological polar surface area (TPSA) is 89.7 Å². The van der Waals surface area contributed by atoms with Crippen LogP contribution in [0.15, 0.2) is 18.2 Å². The minimum Gasteiger partial charge on any atom is -0.490 e. The fourth-order valence-corrected chi connectivity index (χ4v) is 1.19. The van der Waals surface area contributed by atoms with Gasteiger partial charge in [-0.3, -0.25) is 14.9 Å². The number of nitrogens with zero attached hydrogens (tertiary/aromatic N) is 1. The van der Waals surface area contributed by atoms with E-state index in [4.69, 9.17) is 9.84 Å². The summed E-state index contributed by atoms with van der Waals surface area (Å²) in [5.74, 6) is -0.0798. The molecule has 6 heteroatoms. The Balaban J connectivity index is 3.09. The SMILES string of the molecule is CC(=O)c1cc([N+](=O)[O-])ccc1OCCO. The van der Waals surface area contributed by atoms with Crippen LogP contribution in [0, 0.1) is 10.1 Å². The van der Waals surface area contributed by atoms with Gasteiger partial charge in [0.25, 0.3) is 5.69 Å². The molecule has 0 saturated heterocycles. The third-order valence-electron chi connectivity index (χ3n) is 1.90. The van der Waals surface area contributed by atoms with E-state index in [1.807, 2.05) is 0 Å². The largest absolute Gasteiger partial charge is 0.490 e. The zero-order valence-corrected chi connectivity index (χ0v) is 8.67. The van der Waals surface area contributed by atoms with Crippen molar-refractivity contribution in [1.29, 1.82) is 0 Å². The molecule has 0 bridgehead atoms. The van der Waals surface area contributed by atoms with Crippen LogP contribution in [0.5, 0.6) is 5.75 Å². The molecule has 16 heavy (non-hydrogen) atoms. The van der Waals surface area contributed by atoms with Gasteiger partial charge in [-0.1, -0.05) is 0 Å². The molecule has 1 N–H and O–H groups in total. The van der Waals surface area contributed by atoms with Crippen molar-refractivity contribution in [3.05, 3.63) is 33.9 Å². The van der Waals surface area contributed by atoms with Crippen molar-refractivity contribution in [2.24, 2.45) is 0 Å². The average Bonchev–Trinajstić information content (AvgIpc) is 2.25. The van der Waals surface area contributed by atoms with Crippen LogP contribution in [0.25, 0.3) is 0 Å². The monoisotopic (exact) mass is 225 g/mol. The Hall–Kier alpha value is -1.95. The van der Waals surface area contributed by atoms with E-state index in [2.05, 4.69) is 0 Å². The molecule has 0 saturated carbocycles. The first-order valence-corrected chi connectivity index (χ1v) is 4.59. The first-order chi connectivity index (χ1) is 7.56. The number of aliphatic hydroxyl groups is 1. The molecule has 1 aromatic rings. The molecule has 0 aliphatic carbocycles. The lowest BCUT2D eigenvalue weighted by atomic mass is 10.1. The van der Waals surface area contributed by atoms with E-state index in [0.29, 0.717) is 0 Å². The lowest BCUT2D eigenvalue weighted by molar-refractivity contribution is -0.384. The number of hydrogen-bond donors (Lipinski definition) is 1. The van der Waals surface area contributed by atoms with Crippen LogP contribution in [-0.2, 0) is 0 Å². The molecule has 0 radical (unpaired) electrons. The number of ether oxygens (including phenoxy) is 1. The number of benzene rings is 1. The highest BCUT2D eigenvalue weighted by atomic mass is 16.6. The third kappa shape index (κ3) is 2.77. The van der Waals surface area contributed by atoms with Gasteiger partial charge in [-0.15, -0.1) is 0 Å². The number of hydrogen-bond acceptors (Lipinski definition) is 5. The summed E-state index contributed by atoms with van der Waals surface area (Å²) in [6.45, 7) is 1.15. The summed E-state index contributed by atoms with van der Waals surface area (Å²) in [6.07, 6.45) is 0. The summed E-state index contributed by atoms with van der Waals surface area (Å²) in [5.41, 5.74) is -0.0239. The van der Waals surface area contributed by atoms with E-state index in [1.165, 1.54) is 19.1 Å². The van der Waals surface area contributed by atoms with Crippen LogP contribution in [0.1, 0.15) is 17.3 Å². The number of carbonyl (C=O) groups is 1. The fraction of sp³-hybridized carbons (Fsp3) is 0.300. The number of aliphatic hydroxyl groups excluding tert-OH is 1. The van der Waals surface area contributed by atoms with E-state index in [1.54, 1.807) is 0 Å². The number of Topliss-reactive ketones (excluding diaryl/α,β-unsaturated/α-hetero) is 1. The third-order valence-corrected chi connectivity index (χ3v) is 1.90. The molecule has 0 aliphatic heterocycles. The summed E-state index contributed by atoms with van der Waals surface area (Å²) in [5, 5.41) is 19.1. The molecule has 0 unspecified atom stereocenters. The lowest BCUT2D eigenvalue weighted by Crippen LogP contribution is -2.06. The maximum Gasteiger partial charge on any atom is 0.270 e. The minimum atomic E-state index is -0.581. The summed E-state index contributed by atoms with van der Waals surface area (Å²) in [4.78, 5) is 21.2. The van der Waals surface area contributed by atoms with Gasteiger partial charge in [-0.05, 0) is 13.0 Å².